The smallest absolute Gasteiger partial charge is 0.318 e. The molecule has 2 aromatic rings. The Morgan fingerprint density at radius 1 is 1.48 bits per heavy atom. The van der Waals surface area contributed by atoms with Crippen LogP contribution in [0.3, 0.4) is 0 Å². The highest BCUT2D eigenvalue weighted by atomic mass is 16.3. The number of carbonyl (C=O) groups is 1. The minimum absolute atomic E-state index is 0.144. The predicted molar refractivity (Wildman–Crippen MR) is 86.0 cm³/mol. The van der Waals surface area contributed by atoms with Gasteiger partial charge >= 0.3 is 6.03 Å². The van der Waals surface area contributed by atoms with E-state index in [9.17, 15) is 9.90 Å². The standard InChI is InChI=1S/C16H23N5O2/c1-2-6-13(15-19-18-14-8-3-4-10-21(14)15)17-16(23)20-9-5-7-12(22)11-20/h3-4,8,10,12-13,22H,2,5-7,9,11H2,1H3,(H,17,23). The fourth-order valence-corrected chi connectivity index (χ4v) is 3.03. The van der Waals surface area contributed by atoms with Gasteiger partial charge < -0.3 is 15.3 Å². The van der Waals surface area contributed by atoms with Crippen LogP contribution in [0.5, 0.6) is 0 Å². The summed E-state index contributed by atoms with van der Waals surface area (Å²) in [7, 11) is 0. The SMILES string of the molecule is CCCC(NC(=O)N1CCCC(O)C1)c1nnc2ccccn12. The number of carbonyl (C=O) groups excluding carboxylic acids is 1. The number of likely N-dealkylation sites (tertiary alicyclic amines) is 1. The number of amides is 2. The summed E-state index contributed by atoms with van der Waals surface area (Å²) in [4.78, 5) is 14.2. The highest BCUT2D eigenvalue weighted by Gasteiger charge is 2.26. The van der Waals surface area contributed by atoms with Crippen molar-refractivity contribution in [1.29, 1.82) is 0 Å². The van der Waals surface area contributed by atoms with Crippen LogP contribution in [0.25, 0.3) is 5.65 Å². The van der Waals surface area contributed by atoms with Crippen LogP contribution >= 0.6 is 0 Å². The maximum absolute atomic E-state index is 12.5. The average Bonchev–Trinajstić information content (AvgIpc) is 2.98. The lowest BCUT2D eigenvalue weighted by atomic mass is 10.1. The number of aliphatic hydroxyl groups is 1. The number of aliphatic hydroxyl groups excluding tert-OH is 1. The van der Waals surface area contributed by atoms with Crippen LogP contribution in [0.1, 0.15) is 44.5 Å². The van der Waals surface area contributed by atoms with Crippen molar-refractivity contribution in [2.75, 3.05) is 13.1 Å². The van der Waals surface area contributed by atoms with Crippen LogP contribution in [0.2, 0.25) is 0 Å². The summed E-state index contributed by atoms with van der Waals surface area (Å²) in [5.41, 5.74) is 0.770. The number of hydrogen-bond acceptors (Lipinski definition) is 4. The van der Waals surface area contributed by atoms with E-state index in [0.717, 1.165) is 37.2 Å². The Labute approximate surface area is 135 Å². The molecule has 0 aliphatic carbocycles. The molecule has 2 amide bonds. The third-order valence-electron chi connectivity index (χ3n) is 4.21. The lowest BCUT2D eigenvalue weighted by molar-refractivity contribution is 0.0830. The molecule has 1 fully saturated rings. The summed E-state index contributed by atoms with van der Waals surface area (Å²) in [6.07, 6.45) is 4.79. The van der Waals surface area contributed by atoms with Crippen molar-refractivity contribution >= 4 is 11.7 Å². The highest BCUT2D eigenvalue weighted by molar-refractivity contribution is 5.74. The van der Waals surface area contributed by atoms with Crippen LogP contribution in [0.15, 0.2) is 24.4 Å². The van der Waals surface area contributed by atoms with Gasteiger partial charge in [-0.1, -0.05) is 19.4 Å². The van der Waals surface area contributed by atoms with Gasteiger partial charge in [0.2, 0.25) is 0 Å². The molecule has 2 aromatic heterocycles. The normalized spacial score (nSPS) is 19.7. The Morgan fingerprint density at radius 2 is 2.35 bits per heavy atom. The van der Waals surface area contributed by atoms with Crippen molar-refractivity contribution in [3.8, 4) is 0 Å². The zero-order valence-electron chi connectivity index (χ0n) is 13.4. The maximum atomic E-state index is 12.5. The number of piperidine rings is 1. The van der Waals surface area contributed by atoms with Gasteiger partial charge in [0.1, 0.15) is 0 Å². The van der Waals surface area contributed by atoms with Crippen molar-refractivity contribution in [2.24, 2.45) is 0 Å². The number of hydrogen-bond donors (Lipinski definition) is 2. The number of rotatable bonds is 4. The first-order valence-electron chi connectivity index (χ1n) is 8.22. The van der Waals surface area contributed by atoms with E-state index in [1.165, 1.54) is 0 Å². The number of aromatic nitrogens is 3. The highest BCUT2D eigenvalue weighted by Crippen LogP contribution is 2.19. The largest absolute Gasteiger partial charge is 0.391 e. The van der Waals surface area contributed by atoms with Gasteiger partial charge in [-0.3, -0.25) is 4.40 Å². The zero-order chi connectivity index (χ0) is 16.2. The summed E-state index contributed by atoms with van der Waals surface area (Å²) in [5.74, 6) is 0.744. The number of fused-ring (bicyclic) bond motifs is 1. The first kappa shape index (κ1) is 15.7. The quantitative estimate of drug-likeness (QED) is 0.900. The number of pyridine rings is 1. The Kier molecular flexibility index (Phi) is 4.76. The second kappa shape index (κ2) is 6.95. The van der Waals surface area contributed by atoms with E-state index in [2.05, 4.69) is 22.4 Å². The molecule has 2 atom stereocenters. The van der Waals surface area contributed by atoms with E-state index < -0.39 is 6.10 Å². The van der Waals surface area contributed by atoms with Crippen molar-refractivity contribution < 1.29 is 9.90 Å². The summed E-state index contributed by atoms with van der Waals surface area (Å²) in [6.45, 7) is 3.15. The van der Waals surface area contributed by atoms with Gasteiger partial charge in [-0.15, -0.1) is 10.2 Å². The molecular weight excluding hydrogens is 294 g/mol. The van der Waals surface area contributed by atoms with Gasteiger partial charge in [0.05, 0.1) is 12.1 Å². The van der Waals surface area contributed by atoms with E-state index in [4.69, 9.17) is 0 Å². The molecule has 0 spiro atoms. The van der Waals surface area contributed by atoms with E-state index in [1.54, 1.807) is 4.90 Å². The molecule has 0 aromatic carbocycles. The molecule has 2 N–H and O–H groups in total. The molecule has 1 aliphatic heterocycles. The third kappa shape index (κ3) is 3.44. The number of urea groups is 1. The Hall–Kier alpha value is -2.15. The molecule has 3 heterocycles. The number of nitrogens with zero attached hydrogens (tertiary/aromatic N) is 4. The molecule has 1 saturated heterocycles. The van der Waals surface area contributed by atoms with E-state index in [0.29, 0.717) is 13.1 Å². The molecular formula is C16H23N5O2. The molecule has 124 valence electrons. The van der Waals surface area contributed by atoms with E-state index >= 15 is 0 Å². The summed E-state index contributed by atoms with van der Waals surface area (Å²) < 4.78 is 1.91. The second-order valence-corrected chi connectivity index (χ2v) is 6.02. The Morgan fingerprint density at radius 3 is 3.13 bits per heavy atom. The average molecular weight is 317 g/mol. The Balaban J connectivity index is 1.77. The van der Waals surface area contributed by atoms with Crippen LogP contribution in [0.4, 0.5) is 4.79 Å². The van der Waals surface area contributed by atoms with Gasteiger partial charge in [0.25, 0.3) is 0 Å². The van der Waals surface area contributed by atoms with Gasteiger partial charge in [-0.25, -0.2) is 4.79 Å². The molecule has 0 saturated carbocycles. The fourth-order valence-electron chi connectivity index (χ4n) is 3.03. The van der Waals surface area contributed by atoms with Crippen molar-refractivity contribution in [3.63, 3.8) is 0 Å². The summed E-state index contributed by atoms with van der Waals surface area (Å²) >= 11 is 0. The lowest BCUT2D eigenvalue weighted by Gasteiger charge is -2.31. The van der Waals surface area contributed by atoms with Crippen LogP contribution in [-0.2, 0) is 0 Å². The molecule has 7 nitrogen and oxygen atoms in total. The molecule has 0 bridgehead atoms. The van der Waals surface area contributed by atoms with Crippen LogP contribution < -0.4 is 5.32 Å². The van der Waals surface area contributed by atoms with Crippen molar-refractivity contribution in [1.82, 2.24) is 24.8 Å². The lowest BCUT2D eigenvalue weighted by Crippen LogP contribution is -2.48. The molecule has 3 rings (SSSR count). The number of β-amino-alcohol motifs (C(OH)–C–C–N with tert-alkyl or cyclic N) is 1. The summed E-state index contributed by atoms with van der Waals surface area (Å²) in [6, 6.07) is 5.39. The second-order valence-electron chi connectivity index (χ2n) is 6.02. The van der Waals surface area contributed by atoms with E-state index in [1.807, 2.05) is 28.8 Å². The molecule has 7 heteroatoms. The van der Waals surface area contributed by atoms with Gasteiger partial charge in [-0.05, 0) is 31.4 Å². The van der Waals surface area contributed by atoms with Gasteiger partial charge in [0, 0.05) is 19.3 Å². The minimum Gasteiger partial charge on any atom is -0.391 e. The van der Waals surface area contributed by atoms with Gasteiger partial charge in [0.15, 0.2) is 11.5 Å². The third-order valence-corrected chi connectivity index (χ3v) is 4.21. The first-order valence-corrected chi connectivity index (χ1v) is 8.22. The predicted octanol–water partition coefficient (Wildman–Crippen LogP) is 1.74. The monoisotopic (exact) mass is 317 g/mol. The van der Waals surface area contributed by atoms with Crippen LogP contribution in [-0.4, -0.2) is 49.8 Å². The summed E-state index contributed by atoms with van der Waals surface area (Å²) in [5, 5.41) is 21.2. The molecule has 1 aliphatic rings. The Bertz CT molecular complexity index is 671. The fraction of sp³-hybridized carbons (Fsp3) is 0.562. The molecule has 2 unspecified atom stereocenters. The van der Waals surface area contributed by atoms with E-state index in [-0.39, 0.29) is 12.1 Å². The molecule has 23 heavy (non-hydrogen) atoms. The maximum Gasteiger partial charge on any atom is 0.318 e. The topological polar surface area (TPSA) is 82.8 Å². The zero-order valence-corrected chi connectivity index (χ0v) is 13.4. The number of nitrogens with one attached hydrogen (secondary N) is 1. The minimum atomic E-state index is -0.423. The van der Waals surface area contributed by atoms with Crippen LogP contribution in [0, 0.1) is 0 Å². The van der Waals surface area contributed by atoms with Crippen molar-refractivity contribution in [3.05, 3.63) is 30.2 Å². The van der Waals surface area contributed by atoms with Gasteiger partial charge in [-0.2, -0.15) is 0 Å². The molecule has 0 radical (unpaired) electrons. The van der Waals surface area contributed by atoms with Crippen molar-refractivity contribution in [2.45, 2.75) is 44.8 Å². The first-order chi connectivity index (χ1) is 11.2.